The quantitative estimate of drug-likeness (QED) is 0.890. The van der Waals surface area contributed by atoms with Crippen molar-refractivity contribution < 1.29 is 0 Å². The lowest BCUT2D eigenvalue weighted by Gasteiger charge is -1.99. The lowest BCUT2D eigenvalue weighted by Crippen LogP contribution is -2.11. The first-order chi connectivity index (χ1) is 8.28. The molecule has 90 valence electrons. The number of aromatic amines is 1. The zero-order chi connectivity index (χ0) is 12.1. The van der Waals surface area contributed by atoms with Crippen molar-refractivity contribution in [1.82, 2.24) is 15.3 Å². The minimum absolute atomic E-state index is 0.847. The fraction of sp³-hybridized carbons (Fsp3) is 0.308. The molecule has 0 aliphatic rings. The molecular formula is C13H16BrN3. The summed E-state index contributed by atoms with van der Waals surface area (Å²) in [5.41, 5.74) is 2.40. The summed E-state index contributed by atoms with van der Waals surface area (Å²) < 4.78 is 1.11. The smallest absolute Gasteiger partial charge is 0.110 e. The summed E-state index contributed by atoms with van der Waals surface area (Å²) >= 11 is 3.43. The van der Waals surface area contributed by atoms with Crippen molar-refractivity contribution in [2.24, 2.45) is 0 Å². The van der Waals surface area contributed by atoms with Crippen LogP contribution in [0.25, 0.3) is 0 Å². The molecule has 17 heavy (non-hydrogen) atoms. The predicted octanol–water partition coefficient (Wildman–Crippen LogP) is 2.87. The van der Waals surface area contributed by atoms with E-state index in [1.165, 1.54) is 5.56 Å². The summed E-state index contributed by atoms with van der Waals surface area (Å²) in [6.07, 6.45) is 2.75. The zero-order valence-corrected chi connectivity index (χ0v) is 11.4. The minimum Gasteiger partial charge on any atom is -0.345 e. The van der Waals surface area contributed by atoms with E-state index >= 15 is 0 Å². The van der Waals surface area contributed by atoms with E-state index in [1.807, 2.05) is 6.20 Å². The molecule has 0 spiro atoms. The Morgan fingerprint density at radius 1 is 1.29 bits per heavy atom. The molecule has 1 aromatic heterocycles. The van der Waals surface area contributed by atoms with E-state index in [4.69, 9.17) is 0 Å². The minimum atomic E-state index is 0.847. The van der Waals surface area contributed by atoms with Gasteiger partial charge in [0.1, 0.15) is 5.82 Å². The van der Waals surface area contributed by atoms with E-state index in [9.17, 15) is 0 Å². The number of nitrogens with one attached hydrogen (secondary N) is 2. The second-order valence-electron chi connectivity index (χ2n) is 3.94. The molecule has 0 aliphatic carbocycles. The Bertz CT molecular complexity index is 462. The Morgan fingerprint density at radius 3 is 2.76 bits per heavy atom. The number of H-pyrrole nitrogens is 1. The Labute approximate surface area is 110 Å². The Hall–Kier alpha value is -1.13. The van der Waals surface area contributed by atoms with Gasteiger partial charge in [-0.15, -0.1) is 0 Å². The van der Waals surface area contributed by atoms with Gasteiger partial charge in [0, 0.05) is 29.3 Å². The van der Waals surface area contributed by atoms with Crippen LogP contribution in [0.1, 0.15) is 24.0 Å². The van der Waals surface area contributed by atoms with Crippen molar-refractivity contribution >= 4 is 15.9 Å². The SMILES string of the molecule is CCNCc1cnc(Cc2ccc(Br)cc2)[nH]1. The van der Waals surface area contributed by atoms with Gasteiger partial charge in [-0.3, -0.25) is 0 Å². The molecule has 2 aromatic rings. The van der Waals surface area contributed by atoms with Crippen molar-refractivity contribution in [1.29, 1.82) is 0 Å². The summed E-state index contributed by atoms with van der Waals surface area (Å²) in [4.78, 5) is 7.71. The summed E-state index contributed by atoms with van der Waals surface area (Å²) in [7, 11) is 0. The molecule has 0 saturated carbocycles. The number of benzene rings is 1. The highest BCUT2D eigenvalue weighted by Crippen LogP contribution is 2.12. The lowest BCUT2D eigenvalue weighted by atomic mass is 10.1. The molecule has 0 amide bonds. The fourth-order valence-electron chi connectivity index (χ4n) is 1.64. The maximum atomic E-state index is 4.38. The summed E-state index contributed by atoms with van der Waals surface area (Å²) in [5.74, 6) is 1.01. The number of rotatable bonds is 5. The van der Waals surface area contributed by atoms with Crippen LogP contribution >= 0.6 is 15.9 Å². The van der Waals surface area contributed by atoms with Crippen molar-refractivity contribution in [3.8, 4) is 0 Å². The third-order valence-corrected chi connectivity index (χ3v) is 3.06. The predicted molar refractivity (Wildman–Crippen MR) is 72.9 cm³/mol. The van der Waals surface area contributed by atoms with Crippen molar-refractivity contribution in [2.45, 2.75) is 19.9 Å². The number of nitrogens with zero attached hydrogens (tertiary/aromatic N) is 1. The molecule has 1 heterocycles. The zero-order valence-electron chi connectivity index (χ0n) is 9.83. The van der Waals surface area contributed by atoms with Gasteiger partial charge in [0.05, 0.1) is 0 Å². The van der Waals surface area contributed by atoms with Gasteiger partial charge in [0.2, 0.25) is 0 Å². The summed E-state index contributed by atoms with van der Waals surface area (Å²) in [6, 6.07) is 8.32. The van der Waals surface area contributed by atoms with Crippen molar-refractivity contribution in [2.75, 3.05) is 6.54 Å². The molecule has 4 heteroatoms. The van der Waals surface area contributed by atoms with E-state index in [-0.39, 0.29) is 0 Å². The highest BCUT2D eigenvalue weighted by molar-refractivity contribution is 9.10. The molecule has 0 aliphatic heterocycles. The maximum absolute atomic E-state index is 4.38. The van der Waals surface area contributed by atoms with Crippen molar-refractivity contribution in [3.63, 3.8) is 0 Å². The van der Waals surface area contributed by atoms with Crippen LogP contribution in [0.15, 0.2) is 34.9 Å². The molecule has 0 fully saturated rings. The van der Waals surface area contributed by atoms with Crippen LogP contribution in [0.2, 0.25) is 0 Å². The Balaban J connectivity index is 1.98. The highest BCUT2D eigenvalue weighted by atomic mass is 79.9. The fourth-order valence-corrected chi connectivity index (χ4v) is 1.91. The van der Waals surface area contributed by atoms with Crippen LogP contribution in [0, 0.1) is 0 Å². The van der Waals surface area contributed by atoms with E-state index in [0.717, 1.165) is 35.5 Å². The molecule has 2 N–H and O–H groups in total. The molecule has 0 bridgehead atoms. The number of hydrogen-bond acceptors (Lipinski definition) is 2. The van der Waals surface area contributed by atoms with Crippen LogP contribution < -0.4 is 5.32 Å². The average Bonchev–Trinajstić information content (AvgIpc) is 2.77. The highest BCUT2D eigenvalue weighted by Gasteiger charge is 2.01. The molecule has 1 aromatic carbocycles. The molecule has 2 rings (SSSR count). The lowest BCUT2D eigenvalue weighted by molar-refractivity contribution is 0.712. The first-order valence-electron chi connectivity index (χ1n) is 5.76. The molecular weight excluding hydrogens is 278 g/mol. The second-order valence-corrected chi connectivity index (χ2v) is 4.85. The van der Waals surface area contributed by atoms with Crippen LogP contribution in [0.3, 0.4) is 0 Å². The van der Waals surface area contributed by atoms with Gasteiger partial charge in [-0.25, -0.2) is 4.98 Å². The van der Waals surface area contributed by atoms with Gasteiger partial charge >= 0.3 is 0 Å². The van der Waals surface area contributed by atoms with Crippen LogP contribution in [-0.2, 0) is 13.0 Å². The van der Waals surface area contributed by atoms with Crippen LogP contribution in [0.5, 0.6) is 0 Å². The first-order valence-corrected chi connectivity index (χ1v) is 6.55. The Kier molecular flexibility index (Phi) is 4.34. The van der Waals surface area contributed by atoms with Crippen LogP contribution in [-0.4, -0.2) is 16.5 Å². The van der Waals surface area contributed by atoms with Crippen molar-refractivity contribution in [3.05, 3.63) is 52.0 Å². The Morgan fingerprint density at radius 2 is 2.06 bits per heavy atom. The van der Waals surface area contributed by atoms with Gasteiger partial charge < -0.3 is 10.3 Å². The number of hydrogen-bond donors (Lipinski definition) is 2. The molecule has 0 saturated heterocycles. The topological polar surface area (TPSA) is 40.7 Å². The molecule has 0 atom stereocenters. The number of aromatic nitrogens is 2. The summed E-state index contributed by atoms with van der Waals surface area (Å²) in [5, 5.41) is 3.27. The van der Waals surface area contributed by atoms with E-state index in [1.54, 1.807) is 0 Å². The molecule has 0 radical (unpaired) electrons. The number of imidazole rings is 1. The average molecular weight is 294 g/mol. The van der Waals surface area contributed by atoms with Crippen LogP contribution in [0.4, 0.5) is 0 Å². The normalized spacial score (nSPS) is 10.7. The number of halogens is 1. The van der Waals surface area contributed by atoms with E-state index < -0.39 is 0 Å². The molecule has 3 nitrogen and oxygen atoms in total. The van der Waals surface area contributed by atoms with Gasteiger partial charge in [-0.2, -0.15) is 0 Å². The maximum Gasteiger partial charge on any atom is 0.110 e. The molecule has 0 unspecified atom stereocenters. The van der Waals surface area contributed by atoms with E-state index in [2.05, 4.69) is 62.4 Å². The van der Waals surface area contributed by atoms with Gasteiger partial charge in [0.15, 0.2) is 0 Å². The second kappa shape index (κ2) is 5.98. The standard InChI is InChI=1S/C13H16BrN3/c1-2-15-8-12-9-16-13(17-12)7-10-3-5-11(14)6-4-10/h3-6,9,15H,2,7-8H2,1H3,(H,16,17). The summed E-state index contributed by atoms with van der Waals surface area (Å²) in [6.45, 7) is 3.92. The third kappa shape index (κ3) is 3.68. The van der Waals surface area contributed by atoms with Gasteiger partial charge in [-0.1, -0.05) is 35.0 Å². The van der Waals surface area contributed by atoms with Gasteiger partial charge in [-0.05, 0) is 24.2 Å². The van der Waals surface area contributed by atoms with Gasteiger partial charge in [0.25, 0.3) is 0 Å². The first kappa shape index (κ1) is 12.3. The largest absolute Gasteiger partial charge is 0.345 e. The van der Waals surface area contributed by atoms with E-state index in [0.29, 0.717) is 0 Å². The monoisotopic (exact) mass is 293 g/mol. The third-order valence-electron chi connectivity index (χ3n) is 2.53.